The summed E-state index contributed by atoms with van der Waals surface area (Å²) < 4.78 is 7.21. The highest BCUT2D eigenvalue weighted by Crippen LogP contribution is 2.40. The van der Waals surface area contributed by atoms with Crippen molar-refractivity contribution in [2.45, 2.75) is 38.6 Å². The Bertz CT molecular complexity index is 1130. The van der Waals surface area contributed by atoms with E-state index in [1.165, 1.54) is 7.11 Å². The summed E-state index contributed by atoms with van der Waals surface area (Å²) in [6.07, 6.45) is 3.85. The van der Waals surface area contributed by atoms with Crippen molar-refractivity contribution in [3.63, 3.8) is 0 Å². The van der Waals surface area contributed by atoms with E-state index >= 15 is 0 Å². The van der Waals surface area contributed by atoms with E-state index in [1.54, 1.807) is 31.4 Å². The molecule has 0 aliphatic heterocycles. The molecule has 1 saturated carbocycles. The summed E-state index contributed by atoms with van der Waals surface area (Å²) in [5.41, 5.74) is 3.01. The topological polar surface area (TPSA) is 98.1 Å². The number of rotatable bonds is 6. The van der Waals surface area contributed by atoms with Crippen LogP contribution < -0.4 is 15.4 Å². The molecule has 0 radical (unpaired) electrons. The van der Waals surface area contributed by atoms with E-state index in [2.05, 4.69) is 15.7 Å². The summed E-state index contributed by atoms with van der Waals surface area (Å²) in [5.74, 6) is 0.331. The molecule has 2 aromatic heterocycles. The molecule has 0 unspecified atom stereocenters. The highest BCUT2D eigenvalue weighted by molar-refractivity contribution is 6.12. The number of carbonyl (C=O) groups excluding carboxylic acids is 2. The summed E-state index contributed by atoms with van der Waals surface area (Å²) >= 11 is 0. The minimum atomic E-state index is -0.292. The number of carbonyl (C=O) groups is 2. The Balaban J connectivity index is 1.76. The lowest BCUT2D eigenvalue weighted by molar-refractivity contribution is 0.0961. The molecule has 8 nitrogen and oxygen atoms in total. The minimum absolute atomic E-state index is 0.129. The van der Waals surface area contributed by atoms with Crippen LogP contribution >= 0.6 is 0 Å². The number of nitrogens with one attached hydrogen (secondary N) is 2. The van der Waals surface area contributed by atoms with Crippen molar-refractivity contribution in [1.29, 1.82) is 0 Å². The van der Waals surface area contributed by atoms with E-state index in [1.807, 2.05) is 24.6 Å². The van der Waals surface area contributed by atoms with Crippen LogP contribution in [0.3, 0.4) is 0 Å². The molecule has 2 amide bonds. The predicted octanol–water partition coefficient (Wildman–Crippen LogP) is 3.51. The van der Waals surface area contributed by atoms with Crippen LogP contribution in [0.5, 0.6) is 5.75 Å². The first-order valence-electron chi connectivity index (χ1n) is 10.0. The number of hydrogen-bond donors (Lipinski definition) is 2. The molecule has 30 heavy (non-hydrogen) atoms. The van der Waals surface area contributed by atoms with E-state index < -0.39 is 0 Å². The molecule has 4 rings (SSSR count). The SMILES string of the molecule is CNC(=O)c1ccc(OC)c(NC(=O)c2cc(C3CC3)nc3c2cnn3C(C)C)c1. The number of pyridine rings is 1. The molecule has 1 fully saturated rings. The van der Waals surface area contributed by atoms with Crippen LogP contribution in [0.25, 0.3) is 11.0 Å². The second-order valence-corrected chi connectivity index (χ2v) is 7.74. The third-order valence-electron chi connectivity index (χ3n) is 5.25. The van der Waals surface area contributed by atoms with Gasteiger partial charge in [-0.1, -0.05) is 0 Å². The Morgan fingerprint density at radius 3 is 2.60 bits per heavy atom. The Kier molecular flexibility index (Phi) is 5.15. The van der Waals surface area contributed by atoms with Gasteiger partial charge < -0.3 is 15.4 Å². The second kappa shape index (κ2) is 7.78. The summed E-state index contributed by atoms with van der Waals surface area (Å²) in [6, 6.07) is 6.90. The van der Waals surface area contributed by atoms with E-state index in [4.69, 9.17) is 9.72 Å². The van der Waals surface area contributed by atoms with Gasteiger partial charge in [-0.2, -0.15) is 5.10 Å². The minimum Gasteiger partial charge on any atom is -0.495 e. The van der Waals surface area contributed by atoms with Crippen molar-refractivity contribution in [1.82, 2.24) is 20.1 Å². The van der Waals surface area contributed by atoms with Crippen LogP contribution in [-0.4, -0.2) is 40.7 Å². The fourth-order valence-corrected chi connectivity index (χ4v) is 3.47. The molecule has 0 atom stereocenters. The molecular formula is C22H25N5O3. The van der Waals surface area contributed by atoms with Crippen LogP contribution in [0, 0.1) is 0 Å². The standard InChI is InChI=1S/C22H25N5O3/c1-12(2)27-20-16(11-24-27)15(10-17(25-20)13-5-6-13)22(29)26-18-9-14(21(28)23-3)7-8-19(18)30-4/h7-13H,5-6H2,1-4H3,(H,23,28)(H,26,29). The molecule has 3 aromatic rings. The number of aromatic nitrogens is 3. The summed E-state index contributed by atoms with van der Waals surface area (Å²) in [6.45, 7) is 4.07. The van der Waals surface area contributed by atoms with Gasteiger partial charge in [-0.3, -0.25) is 9.59 Å². The van der Waals surface area contributed by atoms with E-state index in [9.17, 15) is 9.59 Å². The monoisotopic (exact) mass is 407 g/mol. The van der Waals surface area contributed by atoms with Gasteiger partial charge in [0.25, 0.3) is 11.8 Å². The van der Waals surface area contributed by atoms with Crippen LogP contribution in [0.2, 0.25) is 0 Å². The predicted molar refractivity (Wildman–Crippen MR) is 114 cm³/mol. The van der Waals surface area contributed by atoms with Crippen molar-refractivity contribution in [2.75, 3.05) is 19.5 Å². The Morgan fingerprint density at radius 2 is 1.97 bits per heavy atom. The zero-order valence-electron chi connectivity index (χ0n) is 17.5. The van der Waals surface area contributed by atoms with Crippen molar-refractivity contribution in [3.05, 3.63) is 47.3 Å². The Morgan fingerprint density at radius 1 is 1.20 bits per heavy atom. The molecule has 156 valence electrons. The first-order chi connectivity index (χ1) is 14.4. The van der Waals surface area contributed by atoms with Crippen molar-refractivity contribution in [2.24, 2.45) is 0 Å². The maximum Gasteiger partial charge on any atom is 0.256 e. The molecule has 2 heterocycles. The molecule has 1 aromatic carbocycles. The molecule has 8 heteroatoms. The lowest BCUT2D eigenvalue weighted by Crippen LogP contribution is -2.19. The normalized spacial score (nSPS) is 13.5. The second-order valence-electron chi connectivity index (χ2n) is 7.74. The molecule has 0 saturated heterocycles. The zero-order valence-corrected chi connectivity index (χ0v) is 17.5. The average Bonchev–Trinajstić information content (AvgIpc) is 3.50. The van der Waals surface area contributed by atoms with E-state index in [-0.39, 0.29) is 17.9 Å². The molecule has 0 bridgehead atoms. The van der Waals surface area contributed by atoms with E-state index in [0.717, 1.165) is 18.5 Å². The fourth-order valence-electron chi connectivity index (χ4n) is 3.47. The number of fused-ring (bicyclic) bond motifs is 1. The lowest BCUT2D eigenvalue weighted by Gasteiger charge is -2.13. The van der Waals surface area contributed by atoms with Crippen LogP contribution in [0.4, 0.5) is 5.69 Å². The summed E-state index contributed by atoms with van der Waals surface area (Å²) in [7, 11) is 3.08. The van der Waals surface area contributed by atoms with Gasteiger partial charge in [-0.25, -0.2) is 9.67 Å². The highest BCUT2D eigenvalue weighted by atomic mass is 16.5. The van der Waals surface area contributed by atoms with Gasteiger partial charge in [0.2, 0.25) is 0 Å². The maximum absolute atomic E-state index is 13.3. The van der Waals surface area contributed by atoms with Gasteiger partial charge in [-0.15, -0.1) is 0 Å². The number of methoxy groups -OCH3 is 1. The molecule has 2 N–H and O–H groups in total. The third-order valence-corrected chi connectivity index (χ3v) is 5.25. The van der Waals surface area contributed by atoms with Crippen molar-refractivity contribution < 1.29 is 14.3 Å². The summed E-state index contributed by atoms with van der Waals surface area (Å²) in [5, 5.41) is 10.6. The smallest absolute Gasteiger partial charge is 0.256 e. The number of hydrogen-bond acceptors (Lipinski definition) is 5. The number of amides is 2. The van der Waals surface area contributed by atoms with Crippen LogP contribution in [-0.2, 0) is 0 Å². The molecule has 0 spiro atoms. The van der Waals surface area contributed by atoms with Gasteiger partial charge in [0.05, 0.1) is 29.9 Å². The molecular weight excluding hydrogens is 382 g/mol. The van der Waals surface area contributed by atoms with Crippen molar-refractivity contribution in [3.8, 4) is 5.75 Å². The quantitative estimate of drug-likeness (QED) is 0.652. The van der Waals surface area contributed by atoms with E-state index in [0.29, 0.717) is 39.5 Å². The van der Waals surface area contributed by atoms with Crippen molar-refractivity contribution >= 4 is 28.5 Å². The first kappa shape index (κ1) is 19.9. The fraction of sp³-hybridized carbons (Fsp3) is 0.364. The number of anilines is 1. The molecule has 1 aliphatic carbocycles. The van der Waals surface area contributed by atoms with Gasteiger partial charge >= 0.3 is 0 Å². The van der Waals surface area contributed by atoms with Crippen LogP contribution in [0.1, 0.15) is 65.1 Å². The van der Waals surface area contributed by atoms with Gasteiger partial charge in [-0.05, 0) is 51.0 Å². The molecule has 1 aliphatic rings. The van der Waals surface area contributed by atoms with Crippen LogP contribution in [0.15, 0.2) is 30.5 Å². The Labute approximate surface area is 174 Å². The Hall–Kier alpha value is -3.42. The third kappa shape index (κ3) is 3.60. The number of nitrogens with zero attached hydrogens (tertiary/aromatic N) is 3. The average molecular weight is 407 g/mol. The van der Waals surface area contributed by atoms with Gasteiger partial charge in [0.1, 0.15) is 5.75 Å². The van der Waals surface area contributed by atoms with Gasteiger partial charge in [0.15, 0.2) is 5.65 Å². The summed E-state index contributed by atoms with van der Waals surface area (Å²) in [4.78, 5) is 30.1. The number of benzene rings is 1. The number of ether oxygens (including phenoxy) is 1. The van der Waals surface area contributed by atoms with Gasteiger partial charge in [0, 0.05) is 30.3 Å². The lowest BCUT2D eigenvalue weighted by atomic mass is 10.1. The first-order valence-corrected chi connectivity index (χ1v) is 10.0. The highest BCUT2D eigenvalue weighted by Gasteiger charge is 2.28. The zero-order chi connectivity index (χ0) is 21.4. The maximum atomic E-state index is 13.3. The largest absolute Gasteiger partial charge is 0.495 e.